The van der Waals surface area contributed by atoms with Crippen molar-refractivity contribution in [3.8, 4) is 0 Å². The van der Waals surface area contributed by atoms with Gasteiger partial charge < -0.3 is 10.1 Å². The first-order valence-corrected chi connectivity index (χ1v) is 11.7. The lowest BCUT2D eigenvalue weighted by atomic mass is 10.1. The standard InChI is InChI=1S/C20H21N3O4S2/c24-20(22-9-6-16-4-1-3-15-5-2-8-21-18(15)16)19-17(7-14-28-19)29(25,26)23-10-12-27-13-11-23/h1-5,7-8,14H,6,9-13H2,(H,22,24). The molecular formula is C20H21N3O4S2. The van der Waals surface area contributed by atoms with E-state index in [1.54, 1.807) is 11.6 Å². The van der Waals surface area contributed by atoms with Crippen LogP contribution in [0, 0.1) is 0 Å². The van der Waals surface area contributed by atoms with Gasteiger partial charge in [0.05, 0.1) is 18.7 Å². The Bertz CT molecular complexity index is 1120. The molecule has 1 N–H and O–H groups in total. The highest BCUT2D eigenvalue weighted by Gasteiger charge is 2.31. The lowest BCUT2D eigenvalue weighted by Crippen LogP contribution is -2.41. The number of amides is 1. The molecule has 1 aromatic carbocycles. The number of para-hydroxylation sites is 1. The zero-order valence-electron chi connectivity index (χ0n) is 15.7. The Morgan fingerprint density at radius 3 is 2.79 bits per heavy atom. The molecule has 9 heteroatoms. The number of thiophene rings is 1. The largest absolute Gasteiger partial charge is 0.379 e. The number of ether oxygens (including phenoxy) is 1. The third-order valence-electron chi connectivity index (χ3n) is 4.82. The van der Waals surface area contributed by atoms with Crippen LogP contribution in [0.25, 0.3) is 10.9 Å². The van der Waals surface area contributed by atoms with E-state index in [0.717, 1.165) is 27.8 Å². The normalized spacial score (nSPS) is 15.4. The van der Waals surface area contributed by atoms with Gasteiger partial charge in [0.2, 0.25) is 10.0 Å². The molecule has 1 aliphatic heterocycles. The van der Waals surface area contributed by atoms with Crippen molar-refractivity contribution in [3.05, 3.63) is 58.4 Å². The van der Waals surface area contributed by atoms with Gasteiger partial charge in [0.1, 0.15) is 9.77 Å². The van der Waals surface area contributed by atoms with Gasteiger partial charge in [-0.15, -0.1) is 11.3 Å². The zero-order valence-corrected chi connectivity index (χ0v) is 17.3. The van der Waals surface area contributed by atoms with Gasteiger partial charge in [0, 0.05) is 31.2 Å². The zero-order chi connectivity index (χ0) is 20.3. The molecule has 152 valence electrons. The number of aromatic nitrogens is 1. The molecule has 0 saturated carbocycles. The molecule has 29 heavy (non-hydrogen) atoms. The minimum absolute atomic E-state index is 0.0636. The molecule has 0 unspecified atom stereocenters. The number of hydrogen-bond donors (Lipinski definition) is 1. The maximum atomic E-state index is 12.9. The predicted octanol–water partition coefficient (Wildman–Crippen LogP) is 2.29. The fraction of sp³-hybridized carbons (Fsp3) is 0.300. The highest BCUT2D eigenvalue weighted by molar-refractivity contribution is 7.89. The number of morpholine rings is 1. The molecule has 1 saturated heterocycles. The molecule has 2 aromatic heterocycles. The van der Waals surface area contributed by atoms with E-state index in [2.05, 4.69) is 10.3 Å². The van der Waals surface area contributed by atoms with Crippen LogP contribution >= 0.6 is 11.3 Å². The summed E-state index contributed by atoms with van der Waals surface area (Å²) >= 11 is 1.14. The van der Waals surface area contributed by atoms with E-state index in [-0.39, 0.29) is 15.7 Å². The number of sulfonamides is 1. The highest BCUT2D eigenvalue weighted by Crippen LogP contribution is 2.26. The number of hydrogen-bond acceptors (Lipinski definition) is 6. The van der Waals surface area contributed by atoms with Gasteiger partial charge in [-0.2, -0.15) is 4.31 Å². The van der Waals surface area contributed by atoms with Gasteiger partial charge in [-0.05, 0) is 29.5 Å². The molecule has 0 aliphatic carbocycles. The van der Waals surface area contributed by atoms with Crippen LogP contribution in [0.5, 0.6) is 0 Å². The Morgan fingerprint density at radius 2 is 1.97 bits per heavy atom. The molecule has 3 aromatic rings. The van der Waals surface area contributed by atoms with E-state index >= 15 is 0 Å². The van der Waals surface area contributed by atoms with E-state index < -0.39 is 10.0 Å². The smallest absolute Gasteiger partial charge is 0.262 e. The molecule has 0 radical (unpaired) electrons. The quantitative estimate of drug-likeness (QED) is 0.647. The Kier molecular flexibility index (Phi) is 5.91. The number of nitrogens with zero attached hydrogens (tertiary/aromatic N) is 2. The fourth-order valence-electron chi connectivity index (χ4n) is 3.35. The van der Waals surface area contributed by atoms with Crippen LogP contribution in [0.3, 0.4) is 0 Å². The van der Waals surface area contributed by atoms with Gasteiger partial charge in [-0.1, -0.05) is 24.3 Å². The fourth-order valence-corrected chi connectivity index (χ4v) is 6.08. The van der Waals surface area contributed by atoms with Crippen LogP contribution < -0.4 is 5.32 Å². The molecule has 0 bridgehead atoms. The Hall–Kier alpha value is -2.33. The summed E-state index contributed by atoms with van der Waals surface area (Å²) in [6, 6.07) is 11.3. The van der Waals surface area contributed by atoms with Gasteiger partial charge in [-0.25, -0.2) is 8.42 Å². The monoisotopic (exact) mass is 431 g/mol. The summed E-state index contributed by atoms with van der Waals surface area (Å²) in [5.74, 6) is -0.375. The number of pyridine rings is 1. The van der Waals surface area contributed by atoms with Crippen LogP contribution in [0.15, 0.2) is 52.9 Å². The van der Waals surface area contributed by atoms with Crippen molar-refractivity contribution in [2.75, 3.05) is 32.8 Å². The average Bonchev–Trinajstić information content (AvgIpc) is 3.25. The molecule has 0 atom stereocenters. The predicted molar refractivity (Wildman–Crippen MR) is 112 cm³/mol. The van der Waals surface area contributed by atoms with Crippen molar-refractivity contribution in [1.29, 1.82) is 0 Å². The first-order chi connectivity index (χ1) is 14.1. The van der Waals surface area contributed by atoms with E-state index in [1.807, 2.05) is 30.3 Å². The molecular weight excluding hydrogens is 410 g/mol. The van der Waals surface area contributed by atoms with E-state index in [0.29, 0.717) is 39.3 Å². The summed E-state index contributed by atoms with van der Waals surface area (Å²) in [4.78, 5) is 17.4. The van der Waals surface area contributed by atoms with Crippen LogP contribution in [0.1, 0.15) is 15.2 Å². The Labute approximate surface area is 173 Å². The number of benzene rings is 1. The number of fused-ring (bicyclic) bond motifs is 1. The number of carbonyl (C=O) groups is 1. The number of rotatable bonds is 6. The molecule has 1 fully saturated rings. The van der Waals surface area contributed by atoms with Crippen LogP contribution in [0.2, 0.25) is 0 Å². The third-order valence-corrected chi connectivity index (χ3v) is 7.80. The van der Waals surface area contributed by atoms with Gasteiger partial charge in [-0.3, -0.25) is 9.78 Å². The summed E-state index contributed by atoms with van der Waals surface area (Å²) in [7, 11) is -3.71. The van der Waals surface area contributed by atoms with Crippen LogP contribution in [-0.4, -0.2) is 56.5 Å². The molecule has 7 nitrogen and oxygen atoms in total. The van der Waals surface area contributed by atoms with Crippen LogP contribution in [-0.2, 0) is 21.2 Å². The van der Waals surface area contributed by atoms with Crippen LogP contribution in [0.4, 0.5) is 0 Å². The summed E-state index contributed by atoms with van der Waals surface area (Å²) in [5.41, 5.74) is 1.95. The SMILES string of the molecule is O=C(NCCc1cccc2cccnc12)c1sccc1S(=O)(=O)N1CCOCC1. The topological polar surface area (TPSA) is 88.6 Å². The summed E-state index contributed by atoms with van der Waals surface area (Å²) in [5, 5.41) is 5.54. The lowest BCUT2D eigenvalue weighted by Gasteiger charge is -2.26. The highest BCUT2D eigenvalue weighted by atomic mass is 32.2. The second-order valence-corrected chi connectivity index (χ2v) is 9.45. The molecule has 1 amide bonds. The maximum Gasteiger partial charge on any atom is 0.262 e. The maximum absolute atomic E-state index is 12.9. The van der Waals surface area contributed by atoms with Crippen molar-refractivity contribution < 1.29 is 17.9 Å². The Balaban J connectivity index is 1.45. The van der Waals surface area contributed by atoms with Gasteiger partial charge in [0.15, 0.2) is 0 Å². The summed E-state index contributed by atoms with van der Waals surface area (Å²) < 4.78 is 32.4. The summed E-state index contributed by atoms with van der Waals surface area (Å²) in [6.45, 7) is 1.72. The average molecular weight is 432 g/mol. The second-order valence-electron chi connectivity index (χ2n) is 6.63. The minimum atomic E-state index is -3.71. The molecule has 4 rings (SSSR count). The van der Waals surface area contributed by atoms with Crippen molar-refractivity contribution >= 4 is 38.2 Å². The van der Waals surface area contributed by atoms with Crippen molar-refractivity contribution in [1.82, 2.24) is 14.6 Å². The lowest BCUT2D eigenvalue weighted by molar-refractivity contribution is 0.0730. The molecule has 0 spiro atoms. The Morgan fingerprint density at radius 1 is 1.17 bits per heavy atom. The van der Waals surface area contributed by atoms with E-state index in [1.165, 1.54) is 10.4 Å². The number of carbonyl (C=O) groups excluding carboxylic acids is 1. The van der Waals surface area contributed by atoms with E-state index in [4.69, 9.17) is 4.74 Å². The third kappa shape index (κ3) is 4.18. The first-order valence-electron chi connectivity index (χ1n) is 9.33. The summed E-state index contributed by atoms with van der Waals surface area (Å²) in [6.07, 6.45) is 2.36. The minimum Gasteiger partial charge on any atom is -0.379 e. The van der Waals surface area contributed by atoms with Gasteiger partial charge in [0.25, 0.3) is 5.91 Å². The molecule has 1 aliphatic rings. The van der Waals surface area contributed by atoms with Crippen molar-refractivity contribution in [2.24, 2.45) is 0 Å². The van der Waals surface area contributed by atoms with E-state index in [9.17, 15) is 13.2 Å². The number of nitrogens with one attached hydrogen (secondary N) is 1. The second kappa shape index (κ2) is 8.58. The van der Waals surface area contributed by atoms with Crippen molar-refractivity contribution in [2.45, 2.75) is 11.3 Å². The van der Waals surface area contributed by atoms with Gasteiger partial charge >= 0.3 is 0 Å². The first kappa shape index (κ1) is 20.0. The van der Waals surface area contributed by atoms with Crippen molar-refractivity contribution in [3.63, 3.8) is 0 Å². The molecule has 3 heterocycles.